The SMILES string of the molecule is C[C@@H]([C@@H](OP(c1ccccc1)c1ccccc1)c1ccccc1)N(C)[P@@](c1ccccc1)c1ccccc1-c1ccccc1. The summed E-state index contributed by atoms with van der Waals surface area (Å²) in [6.45, 7) is 2.32. The molecule has 0 unspecified atom stereocenters. The lowest BCUT2D eigenvalue weighted by atomic mass is 10.0. The first-order valence-corrected chi connectivity index (χ1v) is 17.6. The summed E-state index contributed by atoms with van der Waals surface area (Å²) < 4.78 is 9.93. The van der Waals surface area contributed by atoms with Gasteiger partial charge in [-0.05, 0) is 36.0 Å². The molecule has 0 aromatic heterocycles. The van der Waals surface area contributed by atoms with Crippen LogP contribution in [-0.2, 0) is 4.52 Å². The molecular weight excluding hydrogens is 572 g/mol. The van der Waals surface area contributed by atoms with Gasteiger partial charge in [0.1, 0.15) is 6.10 Å². The van der Waals surface area contributed by atoms with E-state index in [9.17, 15) is 0 Å². The summed E-state index contributed by atoms with van der Waals surface area (Å²) in [5, 5.41) is 5.09. The lowest BCUT2D eigenvalue weighted by Gasteiger charge is -2.39. The topological polar surface area (TPSA) is 12.5 Å². The Hall–Kier alpha value is -3.90. The van der Waals surface area contributed by atoms with E-state index in [4.69, 9.17) is 4.52 Å². The number of hydrogen-bond donors (Lipinski definition) is 0. The largest absolute Gasteiger partial charge is 0.340 e. The average Bonchev–Trinajstić information content (AvgIpc) is 3.11. The van der Waals surface area contributed by atoms with Gasteiger partial charge in [-0.2, -0.15) is 0 Å². The van der Waals surface area contributed by atoms with Crippen LogP contribution >= 0.6 is 16.2 Å². The van der Waals surface area contributed by atoms with Gasteiger partial charge in [0, 0.05) is 30.0 Å². The lowest BCUT2D eigenvalue weighted by Crippen LogP contribution is -2.37. The Bertz CT molecular complexity index is 1680. The Balaban J connectivity index is 1.44. The Morgan fingerprint density at radius 3 is 1.48 bits per heavy atom. The maximum atomic E-state index is 7.36. The molecule has 0 N–H and O–H groups in total. The highest BCUT2D eigenvalue weighted by Gasteiger charge is 2.33. The Labute approximate surface area is 264 Å². The maximum absolute atomic E-state index is 7.36. The standard InChI is InChI=1S/C40H37NOP2/c1-32(40(34-22-10-4-11-23-34)42-44(36-26-14-6-15-27-36)37-28-16-7-17-29-37)41(2)43(35-24-12-5-13-25-35)39-31-19-18-30-38(39)33-20-8-3-9-21-33/h3-32,40H,1-2H3/t32-,40+,43-/m0/s1. The molecular formula is C40H37NOP2. The second-order valence-corrected chi connectivity index (χ2v) is 14.8. The zero-order valence-corrected chi connectivity index (χ0v) is 26.9. The molecule has 3 atom stereocenters. The van der Waals surface area contributed by atoms with Gasteiger partial charge in [-0.15, -0.1) is 0 Å². The third-order valence-electron chi connectivity index (χ3n) is 7.89. The highest BCUT2D eigenvalue weighted by Crippen LogP contribution is 2.48. The molecule has 4 heteroatoms. The van der Waals surface area contributed by atoms with Gasteiger partial charge in [-0.25, -0.2) is 0 Å². The quantitative estimate of drug-likeness (QED) is 0.136. The van der Waals surface area contributed by atoms with E-state index in [-0.39, 0.29) is 12.1 Å². The van der Waals surface area contributed by atoms with Crippen LogP contribution in [0.3, 0.4) is 0 Å². The second kappa shape index (κ2) is 14.7. The van der Waals surface area contributed by atoms with Crippen molar-refractivity contribution < 1.29 is 4.52 Å². The van der Waals surface area contributed by atoms with Gasteiger partial charge in [0.25, 0.3) is 0 Å². The van der Waals surface area contributed by atoms with E-state index in [1.807, 2.05) is 0 Å². The van der Waals surface area contributed by atoms with E-state index in [0.717, 1.165) is 0 Å². The molecule has 0 fully saturated rings. The molecule has 0 aliphatic carbocycles. The Kier molecular flexibility index (Phi) is 10.1. The van der Waals surface area contributed by atoms with E-state index in [0.29, 0.717) is 0 Å². The van der Waals surface area contributed by atoms with Crippen LogP contribution < -0.4 is 21.2 Å². The first-order chi connectivity index (χ1) is 21.7. The molecule has 0 bridgehead atoms. The zero-order valence-electron chi connectivity index (χ0n) is 25.1. The van der Waals surface area contributed by atoms with Gasteiger partial charge < -0.3 is 4.52 Å². The molecule has 2 nitrogen and oxygen atoms in total. The number of likely N-dealkylation sites (N-methyl/N-ethyl adjacent to an activating group) is 1. The highest BCUT2D eigenvalue weighted by molar-refractivity contribution is 7.71. The van der Waals surface area contributed by atoms with Gasteiger partial charge in [0.05, 0.1) is 8.15 Å². The van der Waals surface area contributed by atoms with Gasteiger partial charge in [-0.1, -0.05) is 176 Å². The van der Waals surface area contributed by atoms with Crippen LogP contribution in [0.25, 0.3) is 11.1 Å². The first kappa shape index (κ1) is 30.1. The maximum Gasteiger partial charge on any atom is 0.103 e. The normalized spacial score (nSPS) is 13.5. The molecule has 0 heterocycles. The Morgan fingerprint density at radius 2 is 0.932 bits per heavy atom. The van der Waals surface area contributed by atoms with Crippen LogP contribution in [0.1, 0.15) is 18.6 Å². The van der Waals surface area contributed by atoms with Gasteiger partial charge in [-0.3, -0.25) is 4.67 Å². The van der Waals surface area contributed by atoms with Crippen molar-refractivity contribution in [2.45, 2.75) is 19.1 Å². The summed E-state index contributed by atoms with van der Waals surface area (Å²) >= 11 is 0. The van der Waals surface area contributed by atoms with Crippen LogP contribution in [-0.4, -0.2) is 17.8 Å². The van der Waals surface area contributed by atoms with E-state index >= 15 is 0 Å². The van der Waals surface area contributed by atoms with Crippen LogP contribution in [0.5, 0.6) is 0 Å². The van der Waals surface area contributed by atoms with Crippen molar-refractivity contribution in [1.29, 1.82) is 0 Å². The number of rotatable bonds is 11. The van der Waals surface area contributed by atoms with Gasteiger partial charge in [0.15, 0.2) is 0 Å². The van der Waals surface area contributed by atoms with E-state index in [1.165, 1.54) is 37.9 Å². The van der Waals surface area contributed by atoms with Crippen molar-refractivity contribution >= 4 is 37.4 Å². The molecule has 0 amide bonds. The van der Waals surface area contributed by atoms with Crippen molar-refractivity contribution in [3.8, 4) is 11.1 Å². The summed E-state index contributed by atoms with van der Waals surface area (Å²) in [7, 11) is 0.323. The number of hydrogen-bond acceptors (Lipinski definition) is 2. The monoisotopic (exact) mass is 609 g/mol. The molecule has 44 heavy (non-hydrogen) atoms. The predicted molar refractivity (Wildman–Crippen MR) is 191 cm³/mol. The molecule has 218 valence electrons. The molecule has 6 rings (SSSR count). The van der Waals surface area contributed by atoms with Crippen LogP contribution in [0.2, 0.25) is 0 Å². The van der Waals surface area contributed by atoms with Crippen molar-refractivity contribution in [3.05, 3.63) is 181 Å². The molecule has 0 saturated heterocycles. The van der Waals surface area contributed by atoms with Crippen molar-refractivity contribution in [1.82, 2.24) is 4.67 Å². The molecule has 6 aromatic rings. The predicted octanol–water partition coefficient (Wildman–Crippen LogP) is 8.83. The highest BCUT2D eigenvalue weighted by atomic mass is 31.1. The summed E-state index contributed by atoms with van der Waals surface area (Å²) in [5.74, 6) is 0. The fourth-order valence-corrected chi connectivity index (χ4v) is 10.1. The number of nitrogens with zero attached hydrogens (tertiary/aromatic N) is 1. The zero-order chi connectivity index (χ0) is 30.1. The van der Waals surface area contributed by atoms with E-state index < -0.39 is 16.2 Å². The molecule has 6 aromatic carbocycles. The molecule has 0 radical (unpaired) electrons. The van der Waals surface area contributed by atoms with Crippen molar-refractivity contribution in [2.24, 2.45) is 0 Å². The first-order valence-electron chi connectivity index (χ1n) is 15.0. The fourth-order valence-electron chi connectivity index (χ4n) is 5.54. The summed E-state index contributed by atoms with van der Waals surface area (Å²) in [6.07, 6.45) is -0.162. The third kappa shape index (κ3) is 6.91. The van der Waals surface area contributed by atoms with Gasteiger partial charge in [0.2, 0.25) is 0 Å². The third-order valence-corrected chi connectivity index (χ3v) is 12.5. The smallest absolute Gasteiger partial charge is 0.103 e. The van der Waals surface area contributed by atoms with Crippen molar-refractivity contribution in [3.63, 3.8) is 0 Å². The van der Waals surface area contributed by atoms with E-state index in [1.54, 1.807) is 0 Å². The van der Waals surface area contributed by atoms with Crippen LogP contribution in [0, 0.1) is 0 Å². The summed E-state index contributed by atoms with van der Waals surface area (Å²) in [6, 6.07) is 62.8. The summed E-state index contributed by atoms with van der Waals surface area (Å²) in [4.78, 5) is 0. The van der Waals surface area contributed by atoms with Gasteiger partial charge >= 0.3 is 0 Å². The number of benzene rings is 6. The average molecular weight is 610 g/mol. The minimum Gasteiger partial charge on any atom is -0.340 e. The lowest BCUT2D eigenvalue weighted by molar-refractivity contribution is 0.154. The van der Waals surface area contributed by atoms with Crippen LogP contribution in [0.4, 0.5) is 0 Å². The minimum atomic E-state index is -1.06. The van der Waals surface area contributed by atoms with Crippen molar-refractivity contribution in [2.75, 3.05) is 7.05 Å². The second-order valence-electron chi connectivity index (χ2n) is 10.7. The summed E-state index contributed by atoms with van der Waals surface area (Å²) in [5.41, 5.74) is 3.70. The Morgan fingerprint density at radius 1 is 0.500 bits per heavy atom. The molecule has 0 spiro atoms. The molecule has 0 aliphatic rings. The van der Waals surface area contributed by atoms with E-state index in [2.05, 4.69) is 195 Å². The fraction of sp³-hybridized carbons (Fsp3) is 0.100. The van der Waals surface area contributed by atoms with Crippen LogP contribution in [0.15, 0.2) is 176 Å². The molecule has 0 saturated carbocycles. The molecule has 0 aliphatic heterocycles. The minimum absolute atomic E-state index is 0.0602.